The van der Waals surface area contributed by atoms with Gasteiger partial charge in [-0.05, 0) is 98.4 Å². The molecule has 0 bridgehead atoms. The van der Waals surface area contributed by atoms with E-state index in [4.69, 9.17) is 0 Å². The van der Waals surface area contributed by atoms with Gasteiger partial charge in [0.05, 0.1) is 22.4 Å². The Kier molecular flexibility index (Phi) is 8.19. The second kappa shape index (κ2) is 14.1. The highest BCUT2D eigenvalue weighted by molar-refractivity contribution is 6.17. The summed E-state index contributed by atoms with van der Waals surface area (Å²) < 4.78 is 2.41. The lowest BCUT2D eigenvalue weighted by Gasteiger charge is -2.31. The Hall–Kier alpha value is -7.68. The van der Waals surface area contributed by atoms with Crippen LogP contribution in [0.3, 0.4) is 0 Å². The highest BCUT2D eigenvalue weighted by Gasteiger charge is 2.26. The Balaban J connectivity index is 1.25. The number of fused-ring (bicyclic) bond motifs is 5. The lowest BCUT2D eigenvalue weighted by molar-refractivity contribution is 1.18. The average molecular weight is 739 g/mol. The monoisotopic (exact) mass is 738 g/mol. The van der Waals surface area contributed by atoms with Crippen LogP contribution in [0.2, 0.25) is 0 Å². The van der Waals surface area contributed by atoms with Crippen LogP contribution in [0.25, 0.3) is 82.4 Å². The predicted octanol–water partition coefficient (Wildman–Crippen LogP) is 15.6. The van der Waals surface area contributed by atoms with E-state index in [0.717, 1.165) is 39.4 Å². The first-order valence-corrected chi connectivity index (χ1v) is 19.9. The van der Waals surface area contributed by atoms with Gasteiger partial charge in [-0.15, -0.1) is 0 Å². The molecule has 1 heterocycles. The Bertz CT molecular complexity index is 3170. The first-order valence-electron chi connectivity index (χ1n) is 19.9. The predicted molar refractivity (Wildman–Crippen MR) is 247 cm³/mol. The van der Waals surface area contributed by atoms with E-state index >= 15 is 0 Å². The second-order valence-corrected chi connectivity index (χ2v) is 14.9. The normalized spacial score (nSPS) is 11.4. The van der Waals surface area contributed by atoms with Crippen molar-refractivity contribution in [3.05, 3.63) is 231 Å². The van der Waals surface area contributed by atoms with E-state index in [1.54, 1.807) is 0 Å². The maximum atomic E-state index is 2.52. The fraction of sp³-hybridized carbons (Fsp3) is 0. The van der Waals surface area contributed by atoms with E-state index in [9.17, 15) is 0 Å². The molecule has 0 N–H and O–H groups in total. The summed E-state index contributed by atoms with van der Waals surface area (Å²) in [4.78, 5) is 2.52. The number of rotatable bonds is 7. The molecule has 0 fully saturated rings. The molecule has 0 amide bonds. The van der Waals surface area contributed by atoms with Gasteiger partial charge >= 0.3 is 0 Å². The highest BCUT2D eigenvalue weighted by atomic mass is 15.2. The molecule has 0 aliphatic heterocycles. The molecule has 0 unspecified atom stereocenters. The van der Waals surface area contributed by atoms with Crippen molar-refractivity contribution < 1.29 is 0 Å². The van der Waals surface area contributed by atoms with Crippen LogP contribution in [0.4, 0.5) is 17.1 Å². The van der Waals surface area contributed by atoms with Crippen molar-refractivity contribution in [3.63, 3.8) is 0 Å². The minimum atomic E-state index is 1.08. The van der Waals surface area contributed by atoms with Crippen LogP contribution >= 0.6 is 0 Å². The number of para-hydroxylation sites is 3. The van der Waals surface area contributed by atoms with Crippen molar-refractivity contribution >= 4 is 60.4 Å². The molecule has 0 saturated heterocycles. The van der Waals surface area contributed by atoms with E-state index in [0.29, 0.717) is 0 Å². The third kappa shape index (κ3) is 5.74. The summed E-state index contributed by atoms with van der Waals surface area (Å²) >= 11 is 0. The molecule has 272 valence electrons. The van der Waals surface area contributed by atoms with Gasteiger partial charge in [0, 0.05) is 33.3 Å². The molecule has 0 saturated carbocycles. The summed E-state index contributed by atoms with van der Waals surface area (Å²) in [5, 5.41) is 7.29. The molecule has 0 radical (unpaired) electrons. The number of anilines is 3. The minimum absolute atomic E-state index is 1.08. The van der Waals surface area contributed by atoms with Crippen molar-refractivity contribution in [1.82, 2.24) is 4.57 Å². The van der Waals surface area contributed by atoms with Gasteiger partial charge in [-0.25, -0.2) is 0 Å². The van der Waals surface area contributed by atoms with E-state index in [1.165, 1.54) is 60.1 Å². The van der Waals surface area contributed by atoms with Gasteiger partial charge in [0.2, 0.25) is 0 Å². The summed E-state index contributed by atoms with van der Waals surface area (Å²) in [6, 6.07) is 83.9. The zero-order chi connectivity index (χ0) is 38.4. The molecule has 11 aromatic rings. The molecule has 10 aromatic carbocycles. The Morgan fingerprint density at radius 1 is 0.328 bits per heavy atom. The molecule has 58 heavy (non-hydrogen) atoms. The highest BCUT2D eigenvalue weighted by Crippen LogP contribution is 2.50. The van der Waals surface area contributed by atoms with Crippen LogP contribution in [0, 0.1) is 0 Å². The molecule has 0 aliphatic carbocycles. The Morgan fingerprint density at radius 3 is 1.48 bits per heavy atom. The first-order chi connectivity index (χ1) is 28.8. The Morgan fingerprint density at radius 2 is 0.828 bits per heavy atom. The second-order valence-electron chi connectivity index (χ2n) is 14.9. The fourth-order valence-electron chi connectivity index (χ4n) is 8.83. The van der Waals surface area contributed by atoms with Crippen LogP contribution in [0.5, 0.6) is 0 Å². The van der Waals surface area contributed by atoms with Crippen molar-refractivity contribution in [2.75, 3.05) is 4.90 Å². The van der Waals surface area contributed by atoms with Crippen LogP contribution in [0.15, 0.2) is 231 Å². The summed E-state index contributed by atoms with van der Waals surface area (Å²) in [5.41, 5.74) is 13.8. The van der Waals surface area contributed by atoms with E-state index < -0.39 is 0 Å². The quantitative estimate of drug-likeness (QED) is 0.158. The number of aromatic nitrogens is 1. The lowest BCUT2D eigenvalue weighted by atomic mass is 9.92. The van der Waals surface area contributed by atoms with Crippen LogP contribution < -0.4 is 4.90 Å². The largest absolute Gasteiger partial charge is 0.309 e. The molecule has 2 nitrogen and oxygen atoms in total. The Labute approximate surface area is 338 Å². The smallest absolute Gasteiger partial charge is 0.0618 e. The van der Waals surface area contributed by atoms with Gasteiger partial charge in [-0.3, -0.25) is 0 Å². The van der Waals surface area contributed by atoms with Gasteiger partial charge in [0.25, 0.3) is 0 Å². The van der Waals surface area contributed by atoms with Crippen molar-refractivity contribution in [3.8, 4) is 39.1 Å². The van der Waals surface area contributed by atoms with Crippen LogP contribution in [0.1, 0.15) is 0 Å². The summed E-state index contributed by atoms with van der Waals surface area (Å²) in [6.07, 6.45) is 0. The zero-order valence-electron chi connectivity index (χ0n) is 31.8. The summed E-state index contributed by atoms with van der Waals surface area (Å²) in [5.74, 6) is 0. The third-order valence-electron chi connectivity index (χ3n) is 11.5. The summed E-state index contributed by atoms with van der Waals surface area (Å²) in [6.45, 7) is 0. The van der Waals surface area contributed by atoms with Crippen LogP contribution in [-0.4, -0.2) is 4.57 Å². The van der Waals surface area contributed by atoms with Crippen molar-refractivity contribution in [2.45, 2.75) is 0 Å². The van der Waals surface area contributed by atoms with Crippen molar-refractivity contribution in [1.29, 1.82) is 0 Å². The lowest BCUT2D eigenvalue weighted by Crippen LogP contribution is -2.13. The number of nitrogens with zero attached hydrogens (tertiary/aromatic N) is 2. The van der Waals surface area contributed by atoms with E-state index in [2.05, 4.69) is 240 Å². The average Bonchev–Trinajstić information content (AvgIpc) is 3.65. The van der Waals surface area contributed by atoms with E-state index in [-0.39, 0.29) is 0 Å². The number of hydrogen-bond donors (Lipinski definition) is 0. The van der Waals surface area contributed by atoms with Gasteiger partial charge in [0.1, 0.15) is 0 Å². The van der Waals surface area contributed by atoms with Gasteiger partial charge < -0.3 is 9.47 Å². The van der Waals surface area contributed by atoms with Crippen molar-refractivity contribution in [2.24, 2.45) is 0 Å². The third-order valence-corrected chi connectivity index (χ3v) is 11.5. The maximum Gasteiger partial charge on any atom is 0.0618 e. The zero-order valence-corrected chi connectivity index (χ0v) is 31.8. The van der Waals surface area contributed by atoms with E-state index in [1.807, 2.05) is 0 Å². The van der Waals surface area contributed by atoms with Crippen LogP contribution in [-0.2, 0) is 0 Å². The molecular weight excluding hydrogens is 701 g/mol. The molecule has 1 aromatic heterocycles. The minimum Gasteiger partial charge on any atom is -0.309 e. The molecule has 2 heteroatoms. The number of benzene rings is 10. The molecule has 0 spiro atoms. The maximum absolute atomic E-state index is 2.52. The topological polar surface area (TPSA) is 8.17 Å². The van der Waals surface area contributed by atoms with Gasteiger partial charge in [-0.1, -0.05) is 176 Å². The SMILES string of the molecule is c1ccc(-c2ccc(N(c3c(-c4ccc5ccccc5c4)cccc3-c3ccc4ccccc4c3)c3cccc4c3c3ccccc3n4-c3ccccc3)cc2)cc1. The molecule has 11 rings (SSSR count). The molecular formula is C56H38N2. The fourth-order valence-corrected chi connectivity index (χ4v) is 8.83. The standard InChI is InChI=1S/C56H38N2/c1-3-15-39(16-4-1)42-33-35-48(36-34-42)58(54-28-14-27-53-55(54)51-23-11-12-26-52(51)57(53)47-21-5-2-6-22-47)56-49(45-31-29-40-17-7-9-19-43(40)37-45)24-13-25-50(56)46-32-30-41-18-8-10-20-44(41)38-46/h1-38H. The summed E-state index contributed by atoms with van der Waals surface area (Å²) in [7, 11) is 0. The number of hydrogen-bond acceptors (Lipinski definition) is 1. The van der Waals surface area contributed by atoms with Gasteiger partial charge in [-0.2, -0.15) is 0 Å². The first kappa shape index (κ1) is 33.6. The molecule has 0 aliphatic rings. The molecule has 0 atom stereocenters. The van der Waals surface area contributed by atoms with Gasteiger partial charge in [0.15, 0.2) is 0 Å².